The van der Waals surface area contributed by atoms with Gasteiger partial charge in [-0.2, -0.15) is 0 Å². The first-order chi connectivity index (χ1) is 25.5. The highest BCUT2D eigenvalue weighted by Gasteiger charge is 2.46. The summed E-state index contributed by atoms with van der Waals surface area (Å²) >= 11 is 8.20. The maximum Gasteiger partial charge on any atom is 0.0452 e. The van der Waals surface area contributed by atoms with Crippen molar-refractivity contribution in [3.05, 3.63) is 92.7 Å². The van der Waals surface area contributed by atoms with E-state index in [1.165, 1.54) is 115 Å². The lowest BCUT2D eigenvalue weighted by molar-refractivity contribution is 0.491. The van der Waals surface area contributed by atoms with E-state index in [1.54, 1.807) is 32.0 Å². The maximum absolute atomic E-state index is 2.60. The zero-order chi connectivity index (χ0) is 36.0. The van der Waals surface area contributed by atoms with Crippen LogP contribution < -0.4 is 0 Å². The summed E-state index contributed by atoms with van der Waals surface area (Å²) in [7, 11) is 0. The van der Waals surface area contributed by atoms with Crippen LogP contribution >= 0.6 is 45.3 Å². The second-order valence-electron chi connectivity index (χ2n) is 15.5. The lowest BCUT2D eigenvalue weighted by atomic mass is 9.73. The second-order valence-corrected chi connectivity index (χ2v) is 20.0. The zero-order valence-corrected chi connectivity index (χ0v) is 35.6. The summed E-state index contributed by atoms with van der Waals surface area (Å²) < 4.78 is 0. The van der Waals surface area contributed by atoms with Crippen molar-refractivity contribution in [3.8, 4) is 40.4 Å². The summed E-state index contributed by atoms with van der Waals surface area (Å²) in [4.78, 5) is 12.0. The van der Waals surface area contributed by atoms with Crippen LogP contribution in [-0.2, 0) is 23.7 Å². The normalized spacial score (nSPS) is 15.0. The number of hydrogen-bond acceptors (Lipinski definition) is 4. The molecule has 272 valence electrons. The average Bonchev–Trinajstić information content (AvgIpc) is 4.02. The molecule has 0 nitrogen and oxygen atoms in total. The van der Waals surface area contributed by atoms with Crippen LogP contribution in [0.5, 0.6) is 0 Å². The minimum atomic E-state index is 0.0815. The molecule has 0 amide bonds. The molecule has 8 rings (SSSR count). The predicted octanol–water partition coefficient (Wildman–Crippen LogP) is 16.8. The Morgan fingerprint density at radius 1 is 0.404 bits per heavy atom. The van der Waals surface area contributed by atoms with Gasteiger partial charge in [-0.15, -0.1) is 45.3 Å². The highest BCUT2D eigenvalue weighted by Crippen LogP contribution is 2.63. The van der Waals surface area contributed by atoms with Crippen LogP contribution in [0.3, 0.4) is 0 Å². The Labute approximate surface area is 329 Å². The molecule has 0 saturated heterocycles. The smallest absolute Gasteiger partial charge is 0.0452 e. The van der Waals surface area contributed by atoms with Crippen molar-refractivity contribution in [1.82, 2.24) is 0 Å². The Bertz CT molecular complexity index is 2030. The zero-order valence-electron chi connectivity index (χ0n) is 32.3. The van der Waals surface area contributed by atoms with Crippen molar-refractivity contribution in [2.75, 3.05) is 0 Å². The summed E-state index contributed by atoms with van der Waals surface area (Å²) in [5.74, 6) is 0. The topological polar surface area (TPSA) is 0 Å². The number of unbranched alkanes of at least 4 members (excludes halogenated alkanes) is 6. The first kappa shape index (κ1) is 36.5. The SMILES string of the molecule is CCCCCCc1ccc(-c2cc3c(s2)-c2c(ccc4c5c(ccc24)C(CC)(CC)c2cc(-c4ccc(CCCCCC)s4)sc2-5)C3(CC)CC)s1. The fraction of sp³-hybridized carbons (Fsp3) is 0.458. The molecule has 0 bridgehead atoms. The van der Waals surface area contributed by atoms with Gasteiger partial charge in [0.2, 0.25) is 0 Å². The fourth-order valence-corrected chi connectivity index (χ4v) is 14.8. The van der Waals surface area contributed by atoms with Gasteiger partial charge < -0.3 is 0 Å². The van der Waals surface area contributed by atoms with Crippen LogP contribution in [0.25, 0.3) is 51.2 Å². The van der Waals surface area contributed by atoms with E-state index in [2.05, 4.69) is 125 Å². The lowest BCUT2D eigenvalue weighted by Gasteiger charge is -2.30. The monoisotopic (exact) mass is 760 g/mol. The Morgan fingerprint density at radius 2 is 0.827 bits per heavy atom. The first-order valence-electron chi connectivity index (χ1n) is 20.5. The summed E-state index contributed by atoms with van der Waals surface area (Å²) in [5.41, 5.74) is 9.51. The molecule has 0 saturated carbocycles. The van der Waals surface area contributed by atoms with Gasteiger partial charge in [-0.3, -0.25) is 0 Å². The van der Waals surface area contributed by atoms with Gasteiger partial charge in [0, 0.05) is 61.0 Å². The number of rotatable bonds is 16. The van der Waals surface area contributed by atoms with E-state index in [0.29, 0.717) is 0 Å². The van der Waals surface area contributed by atoms with Crippen molar-refractivity contribution in [2.24, 2.45) is 0 Å². The molecule has 0 aliphatic heterocycles. The van der Waals surface area contributed by atoms with Gasteiger partial charge in [-0.05, 0) is 121 Å². The number of thiophene rings is 4. The van der Waals surface area contributed by atoms with Crippen molar-refractivity contribution in [3.63, 3.8) is 0 Å². The Morgan fingerprint density at radius 3 is 1.21 bits per heavy atom. The summed E-state index contributed by atoms with van der Waals surface area (Å²) in [6.07, 6.45) is 17.6. The third-order valence-electron chi connectivity index (χ3n) is 13.0. The number of fused-ring (bicyclic) bond motifs is 9. The predicted molar refractivity (Wildman–Crippen MR) is 236 cm³/mol. The molecular formula is C48H56S4. The van der Waals surface area contributed by atoms with E-state index < -0.39 is 0 Å². The van der Waals surface area contributed by atoms with Crippen molar-refractivity contribution < 1.29 is 0 Å². The van der Waals surface area contributed by atoms with Gasteiger partial charge in [0.05, 0.1) is 0 Å². The molecule has 6 aromatic rings. The fourth-order valence-electron chi connectivity index (χ4n) is 9.86. The van der Waals surface area contributed by atoms with Crippen molar-refractivity contribution in [2.45, 2.75) is 142 Å². The van der Waals surface area contributed by atoms with E-state index in [9.17, 15) is 0 Å². The van der Waals surface area contributed by atoms with Crippen molar-refractivity contribution >= 4 is 56.1 Å². The molecule has 4 heteroatoms. The summed E-state index contributed by atoms with van der Waals surface area (Å²) in [6, 6.07) is 25.0. The van der Waals surface area contributed by atoms with Gasteiger partial charge in [-0.1, -0.05) is 104 Å². The highest BCUT2D eigenvalue weighted by molar-refractivity contribution is 7.24. The third-order valence-corrected chi connectivity index (χ3v) is 17.9. The minimum absolute atomic E-state index is 0.0815. The summed E-state index contributed by atoms with van der Waals surface area (Å²) in [6.45, 7) is 14.3. The van der Waals surface area contributed by atoms with E-state index >= 15 is 0 Å². The van der Waals surface area contributed by atoms with E-state index in [4.69, 9.17) is 0 Å². The maximum atomic E-state index is 2.60. The van der Waals surface area contributed by atoms with Crippen LogP contribution in [0.4, 0.5) is 0 Å². The molecule has 0 unspecified atom stereocenters. The lowest BCUT2D eigenvalue weighted by Crippen LogP contribution is -2.23. The first-order valence-corrected chi connectivity index (χ1v) is 23.8. The number of benzene rings is 2. The molecule has 4 aromatic heterocycles. The largest absolute Gasteiger partial charge is 0.139 e. The molecular weight excluding hydrogens is 705 g/mol. The molecule has 0 radical (unpaired) electrons. The van der Waals surface area contributed by atoms with Gasteiger partial charge in [0.1, 0.15) is 0 Å². The van der Waals surface area contributed by atoms with Crippen LogP contribution in [0.2, 0.25) is 0 Å². The molecule has 0 atom stereocenters. The second kappa shape index (κ2) is 15.0. The molecule has 0 N–H and O–H groups in total. The average molecular weight is 761 g/mol. The van der Waals surface area contributed by atoms with E-state index in [0.717, 1.165) is 25.7 Å². The Kier molecular flexibility index (Phi) is 10.5. The molecule has 2 aromatic carbocycles. The standard InChI is InChI=1S/C48H56S4/c1-7-13-15-17-19-31-21-27-39(49-31)41-29-37-45(51-41)43-33-23-26-36-44(34(33)24-25-35(43)47(37,9-3)10-4)46-38(48(36,11-5)12-6)30-42(52-46)40-28-22-32(50-40)20-18-16-14-8-2/h21-30H,7-20H2,1-6H3. The van der Waals surface area contributed by atoms with Crippen LogP contribution in [0, 0.1) is 0 Å². The van der Waals surface area contributed by atoms with Crippen molar-refractivity contribution in [1.29, 1.82) is 0 Å². The van der Waals surface area contributed by atoms with Crippen LogP contribution in [0.15, 0.2) is 60.7 Å². The Hall–Kier alpha value is -2.50. The van der Waals surface area contributed by atoms with Crippen LogP contribution in [-0.4, -0.2) is 0 Å². The van der Waals surface area contributed by atoms with Gasteiger partial charge in [0.25, 0.3) is 0 Å². The van der Waals surface area contributed by atoms with Gasteiger partial charge in [-0.25, -0.2) is 0 Å². The molecule has 52 heavy (non-hydrogen) atoms. The molecule has 2 aliphatic carbocycles. The van der Waals surface area contributed by atoms with Crippen LogP contribution in [0.1, 0.15) is 151 Å². The summed E-state index contributed by atoms with van der Waals surface area (Å²) in [5, 5.41) is 2.93. The molecule has 4 heterocycles. The molecule has 0 fully saturated rings. The Balaban J connectivity index is 1.23. The third kappa shape index (κ3) is 5.76. The molecule has 2 aliphatic rings. The van der Waals surface area contributed by atoms with Gasteiger partial charge in [0.15, 0.2) is 0 Å². The minimum Gasteiger partial charge on any atom is -0.139 e. The highest BCUT2D eigenvalue weighted by atomic mass is 32.1. The van der Waals surface area contributed by atoms with Gasteiger partial charge >= 0.3 is 0 Å². The van der Waals surface area contributed by atoms with E-state index in [1.807, 2.05) is 22.7 Å². The quantitative estimate of drug-likeness (QED) is 0.0862. The van der Waals surface area contributed by atoms with E-state index in [-0.39, 0.29) is 10.8 Å². The molecule has 0 spiro atoms. The number of aryl methyl sites for hydroxylation is 2. The number of hydrogen-bond donors (Lipinski definition) is 0.